The van der Waals surface area contributed by atoms with Gasteiger partial charge < -0.3 is 10.1 Å². The van der Waals surface area contributed by atoms with Gasteiger partial charge >= 0.3 is 5.97 Å². The van der Waals surface area contributed by atoms with Crippen molar-refractivity contribution in [3.8, 4) is 0 Å². The molecule has 1 aliphatic heterocycles. The van der Waals surface area contributed by atoms with Gasteiger partial charge in [-0.3, -0.25) is 9.59 Å². The number of ether oxygens (including phenoxy) is 1. The van der Waals surface area contributed by atoms with Gasteiger partial charge in [-0.25, -0.2) is 14.1 Å². The molecule has 1 N–H and O–H groups in total. The third-order valence-corrected chi connectivity index (χ3v) is 4.95. The first kappa shape index (κ1) is 21.8. The summed E-state index contributed by atoms with van der Waals surface area (Å²) < 4.78 is 18.5. The zero-order chi connectivity index (χ0) is 21.8. The van der Waals surface area contributed by atoms with Crippen LogP contribution in [0.25, 0.3) is 0 Å². The van der Waals surface area contributed by atoms with Gasteiger partial charge in [0.25, 0.3) is 11.8 Å². The lowest BCUT2D eigenvalue weighted by molar-refractivity contribution is -0.120. The second kappa shape index (κ2) is 9.28. The van der Waals surface area contributed by atoms with E-state index in [1.165, 1.54) is 24.3 Å². The molecule has 1 aliphatic rings. The Bertz CT molecular complexity index is 1040. The molecule has 0 saturated heterocycles. The zero-order valence-electron chi connectivity index (χ0n) is 15.9. The van der Waals surface area contributed by atoms with E-state index in [1.807, 2.05) is 6.92 Å². The highest BCUT2D eigenvalue weighted by Crippen LogP contribution is 2.32. The van der Waals surface area contributed by atoms with Crippen LogP contribution in [0.3, 0.4) is 0 Å². The molecule has 0 fully saturated rings. The monoisotopic (exact) mass is 450 g/mol. The molecule has 0 aliphatic carbocycles. The summed E-state index contributed by atoms with van der Waals surface area (Å²) in [6, 6.07) is 9.65. The average molecular weight is 451 g/mol. The van der Waals surface area contributed by atoms with Crippen molar-refractivity contribution in [1.29, 1.82) is 0 Å². The van der Waals surface area contributed by atoms with E-state index in [4.69, 9.17) is 27.9 Å². The number of nitrogens with one attached hydrogen (secondary N) is 1. The van der Waals surface area contributed by atoms with Crippen LogP contribution >= 0.6 is 23.2 Å². The summed E-state index contributed by atoms with van der Waals surface area (Å²) in [5.74, 6) is -2.59. The van der Waals surface area contributed by atoms with Crippen molar-refractivity contribution >= 4 is 52.4 Å². The molecule has 0 bridgehead atoms. The van der Waals surface area contributed by atoms with E-state index >= 15 is 0 Å². The number of halogens is 3. The molecule has 0 aromatic heterocycles. The van der Waals surface area contributed by atoms with E-state index in [0.29, 0.717) is 17.9 Å². The van der Waals surface area contributed by atoms with Crippen LogP contribution in [0.4, 0.5) is 15.8 Å². The Hall–Kier alpha value is -2.90. The van der Waals surface area contributed by atoms with Crippen LogP contribution in [-0.2, 0) is 14.3 Å². The molecule has 0 unspecified atom stereocenters. The Kier molecular flexibility index (Phi) is 6.74. The lowest BCUT2D eigenvalue weighted by Gasteiger charge is -2.15. The second-order valence-corrected chi connectivity index (χ2v) is 7.21. The number of carbonyl (C=O) groups excluding carboxylic acids is 3. The third-order valence-electron chi connectivity index (χ3n) is 4.31. The number of amides is 2. The molecule has 30 heavy (non-hydrogen) atoms. The average Bonchev–Trinajstić information content (AvgIpc) is 2.94. The van der Waals surface area contributed by atoms with Crippen molar-refractivity contribution in [3.05, 3.63) is 69.6 Å². The first-order valence-electron chi connectivity index (χ1n) is 9.11. The summed E-state index contributed by atoms with van der Waals surface area (Å²) in [6.07, 6.45) is 1.70. The molecule has 1 heterocycles. The molecular weight excluding hydrogens is 434 g/mol. The molecule has 3 rings (SSSR count). The highest BCUT2D eigenvalue weighted by molar-refractivity contribution is 6.53. The van der Waals surface area contributed by atoms with E-state index in [1.54, 1.807) is 12.1 Å². The van der Waals surface area contributed by atoms with Gasteiger partial charge in [0.2, 0.25) is 0 Å². The number of imide groups is 1. The summed E-state index contributed by atoms with van der Waals surface area (Å²) in [7, 11) is 0. The summed E-state index contributed by atoms with van der Waals surface area (Å²) in [6.45, 7) is 2.34. The standard InChI is InChI=1S/C21H17Cl2FN2O4/c1-2-3-10-30-21(29)12-4-6-13(7-5-12)25-18-17(23)19(27)26(20(18)28)14-8-9-16(24)15(22)11-14/h4-9,11,25H,2-3,10H2,1H3. The van der Waals surface area contributed by atoms with E-state index in [0.717, 1.165) is 23.8 Å². The van der Waals surface area contributed by atoms with Crippen LogP contribution < -0.4 is 10.2 Å². The van der Waals surface area contributed by atoms with Crippen molar-refractivity contribution < 1.29 is 23.5 Å². The molecule has 0 saturated carbocycles. The van der Waals surface area contributed by atoms with E-state index in [2.05, 4.69) is 5.32 Å². The Morgan fingerprint density at radius 3 is 2.43 bits per heavy atom. The molecule has 9 heteroatoms. The number of unbranched alkanes of at least 4 members (excludes halogenated alkanes) is 1. The number of hydrogen-bond acceptors (Lipinski definition) is 5. The lowest BCUT2D eigenvalue weighted by atomic mass is 10.2. The van der Waals surface area contributed by atoms with Crippen molar-refractivity contribution in [3.63, 3.8) is 0 Å². The van der Waals surface area contributed by atoms with Gasteiger partial charge in [-0.2, -0.15) is 0 Å². The number of hydrogen-bond donors (Lipinski definition) is 1. The minimum absolute atomic E-state index is 0.0940. The van der Waals surface area contributed by atoms with Crippen LogP contribution in [0.1, 0.15) is 30.1 Å². The minimum atomic E-state index is -0.761. The Balaban J connectivity index is 1.74. The normalized spacial score (nSPS) is 13.8. The molecule has 0 atom stereocenters. The largest absolute Gasteiger partial charge is 0.462 e. The van der Waals surface area contributed by atoms with E-state index in [-0.39, 0.29) is 21.4 Å². The van der Waals surface area contributed by atoms with Crippen molar-refractivity contribution in [2.75, 3.05) is 16.8 Å². The van der Waals surface area contributed by atoms with E-state index in [9.17, 15) is 18.8 Å². The van der Waals surface area contributed by atoms with Gasteiger partial charge in [-0.15, -0.1) is 0 Å². The molecule has 2 aromatic carbocycles. The number of nitrogens with zero attached hydrogens (tertiary/aromatic N) is 1. The summed E-state index contributed by atoms with van der Waals surface area (Å²) in [5.41, 5.74) is 0.749. The second-order valence-electron chi connectivity index (χ2n) is 6.42. The van der Waals surface area contributed by atoms with Gasteiger partial charge in [-0.05, 0) is 48.9 Å². The van der Waals surface area contributed by atoms with Gasteiger partial charge in [0, 0.05) is 5.69 Å². The number of carbonyl (C=O) groups is 3. The highest BCUT2D eigenvalue weighted by atomic mass is 35.5. The number of anilines is 2. The van der Waals surface area contributed by atoms with Crippen LogP contribution in [0.2, 0.25) is 5.02 Å². The maximum Gasteiger partial charge on any atom is 0.338 e. The quantitative estimate of drug-likeness (QED) is 0.369. The first-order valence-corrected chi connectivity index (χ1v) is 9.87. The van der Waals surface area contributed by atoms with Crippen molar-refractivity contribution in [2.24, 2.45) is 0 Å². The molecular formula is C21H17Cl2FN2O4. The van der Waals surface area contributed by atoms with E-state index < -0.39 is 23.6 Å². The lowest BCUT2D eigenvalue weighted by Crippen LogP contribution is -2.32. The fourth-order valence-electron chi connectivity index (χ4n) is 2.70. The number of benzene rings is 2. The van der Waals surface area contributed by atoms with Gasteiger partial charge in [-0.1, -0.05) is 36.5 Å². The smallest absolute Gasteiger partial charge is 0.338 e. The maximum absolute atomic E-state index is 13.4. The summed E-state index contributed by atoms with van der Waals surface area (Å²) >= 11 is 11.8. The fourth-order valence-corrected chi connectivity index (χ4v) is 3.08. The number of esters is 1. The molecule has 0 radical (unpaired) electrons. The predicted molar refractivity (Wildman–Crippen MR) is 112 cm³/mol. The predicted octanol–water partition coefficient (Wildman–Crippen LogP) is 4.87. The van der Waals surface area contributed by atoms with Crippen molar-refractivity contribution in [1.82, 2.24) is 0 Å². The first-order chi connectivity index (χ1) is 14.3. The Morgan fingerprint density at radius 2 is 1.80 bits per heavy atom. The van der Waals surface area contributed by atoms with Crippen LogP contribution in [0.5, 0.6) is 0 Å². The number of rotatable bonds is 7. The van der Waals surface area contributed by atoms with Gasteiger partial charge in [0.05, 0.1) is 22.9 Å². The van der Waals surface area contributed by atoms with Gasteiger partial charge in [0.1, 0.15) is 16.5 Å². The van der Waals surface area contributed by atoms with Crippen LogP contribution in [0.15, 0.2) is 53.2 Å². The third kappa shape index (κ3) is 4.47. The van der Waals surface area contributed by atoms with Crippen molar-refractivity contribution in [2.45, 2.75) is 19.8 Å². The van der Waals surface area contributed by atoms with Crippen LogP contribution in [-0.4, -0.2) is 24.4 Å². The summed E-state index contributed by atoms with van der Waals surface area (Å²) in [4.78, 5) is 38.0. The highest BCUT2D eigenvalue weighted by Gasteiger charge is 2.39. The fraction of sp³-hybridized carbons (Fsp3) is 0.190. The SMILES string of the molecule is CCCCOC(=O)c1ccc(NC2=C(Cl)C(=O)N(c3ccc(F)c(Cl)c3)C2=O)cc1. The maximum atomic E-state index is 13.4. The van der Waals surface area contributed by atoms with Crippen LogP contribution in [0, 0.1) is 5.82 Å². The molecule has 2 aromatic rings. The topological polar surface area (TPSA) is 75.7 Å². The molecule has 0 spiro atoms. The minimum Gasteiger partial charge on any atom is -0.462 e. The molecule has 2 amide bonds. The zero-order valence-corrected chi connectivity index (χ0v) is 17.4. The Morgan fingerprint density at radius 1 is 1.10 bits per heavy atom. The Labute approximate surface area is 182 Å². The van der Waals surface area contributed by atoms with Gasteiger partial charge in [0.15, 0.2) is 0 Å². The molecule has 156 valence electrons. The molecule has 6 nitrogen and oxygen atoms in total. The summed E-state index contributed by atoms with van der Waals surface area (Å²) in [5, 5.41) is 2.25.